The molecule has 0 radical (unpaired) electrons. The standard InChI is InChI=1S/C18H38O/c1-5-7-8-9-10-11-12-13-14-15-16-18(4,19)17(3)6-2/h17,19H,5-16H2,1-4H3. The van der Waals surface area contributed by atoms with E-state index in [2.05, 4.69) is 20.8 Å². The predicted octanol–water partition coefficient (Wildman–Crippen LogP) is 6.09. The molecular formula is C18H38O. The fourth-order valence-corrected chi connectivity index (χ4v) is 2.66. The van der Waals surface area contributed by atoms with E-state index >= 15 is 0 Å². The summed E-state index contributed by atoms with van der Waals surface area (Å²) in [5.41, 5.74) is -0.450. The third-order valence-electron chi connectivity index (χ3n) is 4.71. The highest BCUT2D eigenvalue weighted by Gasteiger charge is 2.25. The van der Waals surface area contributed by atoms with E-state index in [0.29, 0.717) is 5.92 Å². The Bertz CT molecular complexity index is 186. The summed E-state index contributed by atoms with van der Waals surface area (Å²) in [7, 11) is 0. The van der Waals surface area contributed by atoms with E-state index in [4.69, 9.17) is 0 Å². The lowest BCUT2D eigenvalue weighted by molar-refractivity contribution is -0.00534. The summed E-state index contributed by atoms with van der Waals surface area (Å²) in [6.45, 7) is 8.61. The minimum absolute atomic E-state index is 0.422. The molecule has 0 amide bonds. The van der Waals surface area contributed by atoms with E-state index in [1.165, 1.54) is 64.2 Å². The molecular weight excluding hydrogens is 232 g/mol. The van der Waals surface area contributed by atoms with Crippen LogP contribution in [0, 0.1) is 5.92 Å². The molecule has 1 nitrogen and oxygen atoms in total. The van der Waals surface area contributed by atoms with Gasteiger partial charge < -0.3 is 5.11 Å². The van der Waals surface area contributed by atoms with Gasteiger partial charge in [0.25, 0.3) is 0 Å². The van der Waals surface area contributed by atoms with Crippen LogP contribution in [0.4, 0.5) is 0 Å². The molecule has 1 heteroatoms. The van der Waals surface area contributed by atoms with Crippen molar-refractivity contribution >= 4 is 0 Å². The smallest absolute Gasteiger partial charge is 0.0645 e. The first-order chi connectivity index (χ1) is 9.04. The minimum Gasteiger partial charge on any atom is -0.390 e. The van der Waals surface area contributed by atoms with E-state index < -0.39 is 5.60 Å². The lowest BCUT2D eigenvalue weighted by Crippen LogP contribution is -2.32. The third kappa shape index (κ3) is 10.4. The van der Waals surface area contributed by atoms with E-state index in [1.54, 1.807) is 0 Å². The van der Waals surface area contributed by atoms with E-state index in [1.807, 2.05) is 6.92 Å². The molecule has 116 valence electrons. The zero-order valence-corrected chi connectivity index (χ0v) is 14.0. The Morgan fingerprint density at radius 3 is 1.63 bits per heavy atom. The van der Waals surface area contributed by atoms with Crippen molar-refractivity contribution in [1.29, 1.82) is 0 Å². The van der Waals surface area contributed by atoms with Crippen molar-refractivity contribution in [3.63, 3.8) is 0 Å². The molecule has 2 unspecified atom stereocenters. The van der Waals surface area contributed by atoms with Gasteiger partial charge in [-0.15, -0.1) is 0 Å². The molecule has 0 aromatic rings. The summed E-state index contributed by atoms with van der Waals surface area (Å²) in [6.07, 6.45) is 15.7. The van der Waals surface area contributed by atoms with Crippen molar-refractivity contribution < 1.29 is 5.11 Å². The lowest BCUT2D eigenvalue weighted by Gasteiger charge is -2.29. The van der Waals surface area contributed by atoms with Crippen molar-refractivity contribution in [1.82, 2.24) is 0 Å². The summed E-state index contributed by atoms with van der Waals surface area (Å²) in [5, 5.41) is 10.3. The van der Waals surface area contributed by atoms with Gasteiger partial charge in [-0.25, -0.2) is 0 Å². The average Bonchev–Trinajstić information content (AvgIpc) is 2.39. The zero-order chi connectivity index (χ0) is 14.6. The number of unbranched alkanes of at least 4 members (excludes halogenated alkanes) is 9. The Balaban J connectivity index is 3.31. The molecule has 0 spiro atoms. The van der Waals surface area contributed by atoms with E-state index in [9.17, 15) is 5.11 Å². The van der Waals surface area contributed by atoms with Gasteiger partial charge in [0.2, 0.25) is 0 Å². The van der Waals surface area contributed by atoms with Gasteiger partial charge >= 0.3 is 0 Å². The van der Waals surface area contributed by atoms with Crippen LogP contribution in [0.3, 0.4) is 0 Å². The predicted molar refractivity (Wildman–Crippen MR) is 86.5 cm³/mol. The molecule has 2 atom stereocenters. The van der Waals surface area contributed by atoms with Crippen molar-refractivity contribution in [3.8, 4) is 0 Å². The van der Waals surface area contributed by atoms with Gasteiger partial charge in [-0.1, -0.05) is 91.4 Å². The summed E-state index contributed by atoms with van der Waals surface area (Å²) in [6, 6.07) is 0. The third-order valence-corrected chi connectivity index (χ3v) is 4.71. The van der Waals surface area contributed by atoms with Gasteiger partial charge in [0.05, 0.1) is 5.60 Å². The Labute approximate surface area is 122 Å². The van der Waals surface area contributed by atoms with Crippen molar-refractivity contribution in [2.24, 2.45) is 5.92 Å². The fraction of sp³-hybridized carbons (Fsp3) is 1.00. The topological polar surface area (TPSA) is 20.2 Å². The monoisotopic (exact) mass is 270 g/mol. The normalized spacial score (nSPS) is 16.3. The highest BCUT2D eigenvalue weighted by molar-refractivity contribution is 4.77. The van der Waals surface area contributed by atoms with E-state index in [0.717, 1.165) is 12.8 Å². The Morgan fingerprint density at radius 1 is 0.789 bits per heavy atom. The molecule has 0 aliphatic rings. The second-order valence-corrected chi connectivity index (χ2v) is 6.60. The second kappa shape index (κ2) is 11.8. The first-order valence-electron chi connectivity index (χ1n) is 8.77. The first-order valence-corrected chi connectivity index (χ1v) is 8.77. The van der Waals surface area contributed by atoms with Gasteiger partial charge in [-0.05, 0) is 19.3 Å². The molecule has 0 rings (SSSR count). The number of hydrogen-bond donors (Lipinski definition) is 1. The second-order valence-electron chi connectivity index (χ2n) is 6.60. The average molecular weight is 271 g/mol. The zero-order valence-electron chi connectivity index (χ0n) is 14.0. The fourth-order valence-electron chi connectivity index (χ4n) is 2.66. The molecule has 0 aromatic carbocycles. The van der Waals surface area contributed by atoms with Gasteiger partial charge in [0.15, 0.2) is 0 Å². The molecule has 0 saturated carbocycles. The Hall–Kier alpha value is -0.0400. The first kappa shape index (κ1) is 19.0. The Kier molecular flexibility index (Phi) is 11.7. The van der Waals surface area contributed by atoms with Crippen LogP contribution >= 0.6 is 0 Å². The van der Waals surface area contributed by atoms with Gasteiger partial charge in [0.1, 0.15) is 0 Å². The molecule has 0 aromatic heterocycles. The van der Waals surface area contributed by atoms with Crippen LogP contribution in [0.2, 0.25) is 0 Å². The number of rotatable bonds is 13. The summed E-state index contributed by atoms with van der Waals surface area (Å²) >= 11 is 0. The number of aliphatic hydroxyl groups is 1. The minimum atomic E-state index is -0.450. The van der Waals surface area contributed by atoms with Crippen molar-refractivity contribution in [2.75, 3.05) is 0 Å². The van der Waals surface area contributed by atoms with E-state index in [-0.39, 0.29) is 0 Å². The molecule has 19 heavy (non-hydrogen) atoms. The molecule has 1 N–H and O–H groups in total. The van der Waals surface area contributed by atoms with Crippen LogP contribution in [0.1, 0.15) is 105 Å². The van der Waals surface area contributed by atoms with Crippen molar-refractivity contribution in [2.45, 2.75) is 110 Å². The summed E-state index contributed by atoms with van der Waals surface area (Å²) in [4.78, 5) is 0. The van der Waals surface area contributed by atoms with Crippen molar-refractivity contribution in [3.05, 3.63) is 0 Å². The molecule has 0 saturated heterocycles. The molecule has 0 bridgehead atoms. The maximum atomic E-state index is 10.3. The van der Waals surface area contributed by atoms with Gasteiger partial charge in [-0.2, -0.15) is 0 Å². The lowest BCUT2D eigenvalue weighted by atomic mass is 9.84. The van der Waals surface area contributed by atoms with Crippen LogP contribution in [0.25, 0.3) is 0 Å². The highest BCUT2D eigenvalue weighted by Crippen LogP contribution is 2.26. The number of hydrogen-bond acceptors (Lipinski definition) is 1. The molecule has 0 aliphatic carbocycles. The van der Waals surface area contributed by atoms with Crippen LogP contribution in [0.5, 0.6) is 0 Å². The summed E-state index contributed by atoms with van der Waals surface area (Å²) in [5.74, 6) is 0.422. The van der Waals surface area contributed by atoms with Gasteiger partial charge in [0, 0.05) is 0 Å². The molecule has 0 heterocycles. The van der Waals surface area contributed by atoms with Crippen LogP contribution in [0.15, 0.2) is 0 Å². The van der Waals surface area contributed by atoms with Crippen LogP contribution < -0.4 is 0 Å². The molecule has 0 aliphatic heterocycles. The highest BCUT2D eigenvalue weighted by atomic mass is 16.3. The molecule has 0 fully saturated rings. The van der Waals surface area contributed by atoms with Gasteiger partial charge in [-0.3, -0.25) is 0 Å². The maximum absolute atomic E-state index is 10.3. The largest absolute Gasteiger partial charge is 0.390 e. The summed E-state index contributed by atoms with van der Waals surface area (Å²) < 4.78 is 0. The Morgan fingerprint density at radius 2 is 1.21 bits per heavy atom. The quantitative estimate of drug-likeness (QED) is 0.401. The SMILES string of the molecule is CCCCCCCCCCCCC(C)(O)C(C)CC. The van der Waals surface area contributed by atoms with Crippen LogP contribution in [-0.2, 0) is 0 Å². The van der Waals surface area contributed by atoms with Crippen LogP contribution in [-0.4, -0.2) is 10.7 Å². The maximum Gasteiger partial charge on any atom is 0.0645 e.